The van der Waals surface area contributed by atoms with Crippen molar-refractivity contribution in [2.45, 2.75) is 25.6 Å². The van der Waals surface area contributed by atoms with Gasteiger partial charge in [-0.3, -0.25) is 9.48 Å². The molecule has 6 heteroatoms. The number of ether oxygens (including phenoxy) is 1. The smallest absolute Gasteiger partial charge is 0.222 e. The minimum atomic E-state index is -0.237. The van der Waals surface area contributed by atoms with Crippen LogP contribution in [0.3, 0.4) is 0 Å². The molecule has 118 valence electrons. The SMILES string of the molecule is COC(CN)CC(=O)NCc1ccccc1Cn1cccn1. The van der Waals surface area contributed by atoms with Crippen molar-refractivity contribution in [1.29, 1.82) is 0 Å². The van der Waals surface area contributed by atoms with E-state index in [0.29, 0.717) is 19.6 Å². The minimum Gasteiger partial charge on any atom is -0.380 e. The standard InChI is InChI=1S/C16H22N4O2/c1-22-15(10-17)9-16(21)18-11-13-5-2-3-6-14(13)12-20-8-4-7-19-20/h2-8,15H,9-12,17H2,1H3,(H,18,21). The second kappa shape index (κ2) is 8.31. The first-order valence-corrected chi connectivity index (χ1v) is 7.26. The normalized spacial score (nSPS) is 12.1. The van der Waals surface area contributed by atoms with Gasteiger partial charge in [0, 0.05) is 32.6 Å². The van der Waals surface area contributed by atoms with Gasteiger partial charge in [-0.15, -0.1) is 0 Å². The second-order valence-corrected chi connectivity index (χ2v) is 5.05. The number of methoxy groups -OCH3 is 1. The number of amides is 1. The third-order valence-electron chi connectivity index (χ3n) is 3.50. The minimum absolute atomic E-state index is 0.0637. The van der Waals surface area contributed by atoms with Gasteiger partial charge in [0.25, 0.3) is 0 Å². The van der Waals surface area contributed by atoms with E-state index >= 15 is 0 Å². The lowest BCUT2D eigenvalue weighted by Gasteiger charge is -2.14. The van der Waals surface area contributed by atoms with Gasteiger partial charge < -0.3 is 15.8 Å². The molecule has 1 aromatic carbocycles. The Morgan fingerprint density at radius 2 is 2.14 bits per heavy atom. The molecule has 1 heterocycles. The van der Waals surface area contributed by atoms with E-state index in [2.05, 4.69) is 10.4 Å². The Balaban J connectivity index is 1.94. The third-order valence-corrected chi connectivity index (χ3v) is 3.50. The highest BCUT2D eigenvalue weighted by Crippen LogP contribution is 2.10. The maximum atomic E-state index is 11.9. The highest BCUT2D eigenvalue weighted by Gasteiger charge is 2.11. The molecule has 2 rings (SSSR count). The van der Waals surface area contributed by atoms with Gasteiger partial charge in [0.15, 0.2) is 0 Å². The van der Waals surface area contributed by atoms with Crippen LogP contribution in [0.25, 0.3) is 0 Å². The number of carbonyl (C=O) groups is 1. The first-order chi connectivity index (χ1) is 10.7. The molecule has 1 atom stereocenters. The van der Waals surface area contributed by atoms with Crippen molar-refractivity contribution >= 4 is 5.91 Å². The topological polar surface area (TPSA) is 82.2 Å². The van der Waals surface area contributed by atoms with Gasteiger partial charge in [-0.25, -0.2) is 0 Å². The van der Waals surface area contributed by atoms with Gasteiger partial charge in [0.1, 0.15) is 0 Å². The van der Waals surface area contributed by atoms with E-state index in [-0.39, 0.29) is 18.4 Å². The Bertz CT molecular complexity index is 580. The summed E-state index contributed by atoms with van der Waals surface area (Å²) in [6.45, 7) is 1.50. The van der Waals surface area contributed by atoms with Crippen molar-refractivity contribution in [1.82, 2.24) is 15.1 Å². The lowest BCUT2D eigenvalue weighted by Crippen LogP contribution is -2.32. The van der Waals surface area contributed by atoms with E-state index in [1.165, 1.54) is 0 Å². The molecule has 0 aliphatic carbocycles. The molecule has 0 saturated carbocycles. The molecule has 0 spiro atoms. The summed E-state index contributed by atoms with van der Waals surface area (Å²) in [6, 6.07) is 9.89. The molecule has 1 unspecified atom stereocenters. The number of nitrogens with two attached hydrogens (primary N) is 1. The van der Waals surface area contributed by atoms with Gasteiger partial charge in [-0.1, -0.05) is 24.3 Å². The third kappa shape index (κ3) is 4.68. The molecule has 0 fully saturated rings. The summed E-state index contributed by atoms with van der Waals surface area (Å²) in [6.07, 6.45) is 3.70. The molecule has 1 amide bonds. The molecule has 1 aromatic heterocycles. The summed E-state index contributed by atoms with van der Waals surface area (Å²) in [5, 5.41) is 7.12. The van der Waals surface area contributed by atoms with Crippen molar-refractivity contribution in [3.63, 3.8) is 0 Å². The fourth-order valence-electron chi connectivity index (χ4n) is 2.19. The molecule has 0 radical (unpaired) electrons. The lowest BCUT2D eigenvalue weighted by atomic mass is 10.1. The van der Waals surface area contributed by atoms with E-state index in [1.54, 1.807) is 13.3 Å². The van der Waals surface area contributed by atoms with E-state index in [0.717, 1.165) is 11.1 Å². The molecule has 0 saturated heterocycles. The Labute approximate surface area is 130 Å². The van der Waals surface area contributed by atoms with Crippen LogP contribution in [0.1, 0.15) is 17.5 Å². The second-order valence-electron chi connectivity index (χ2n) is 5.05. The molecule has 6 nitrogen and oxygen atoms in total. The number of nitrogens with zero attached hydrogens (tertiary/aromatic N) is 2. The quantitative estimate of drug-likeness (QED) is 0.759. The lowest BCUT2D eigenvalue weighted by molar-refractivity contribution is -0.123. The summed E-state index contributed by atoms with van der Waals surface area (Å²) in [5.41, 5.74) is 7.73. The van der Waals surface area contributed by atoms with Crippen LogP contribution in [-0.2, 0) is 22.6 Å². The van der Waals surface area contributed by atoms with Crippen molar-refractivity contribution in [2.24, 2.45) is 5.73 Å². The molecule has 0 aliphatic rings. The van der Waals surface area contributed by atoms with Crippen molar-refractivity contribution in [3.8, 4) is 0 Å². The number of hydrogen-bond donors (Lipinski definition) is 2. The van der Waals surface area contributed by atoms with Crippen molar-refractivity contribution < 1.29 is 9.53 Å². The van der Waals surface area contributed by atoms with Gasteiger partial charge in [0.05, 0.1) is 19.1 Å². The predicted octanol–water partition coefficient (Wildman–Crippen LogP) is 0.911. The summed E-state index contributed by atoms with van der Waals surface area (Å²) in [4.78, 5) is 11.9. The zero-order valence-corrected chi connectivity index (χ0v) is 12.7. The average molecular weight is 302 g/mol. The van der Waals surface area contributed by atoms with E-state index in [1.807, 2.05) is 41.2 Å². The van der Waals surface area contributed by atoms with Crippen LogP contribution in [0, 0.1) is 0 Å². The first kappa shape index (κ1) is 16.2. The van der Waals surface area contributed by atoms with Crippen molar-refractivity contribution in [2.75, 3.05) is 13.7 Å². The fourth-order valence-corrected chi connectivity index (χ4v) is 2.19. The number of carbonyl (C=O) groups excluding carboxylic acids is 1. The zero-order chi connectivity index (χ0) is 15.8. The van der Waals surface area contributed by atoms with Crippen LogP contribution in [-0.4, -0.2) is 35.4 Å². The van der Waals surface area contributed by atoms with Crippen LogP contribution in [0.4, 0.5) is 0 Å². The molecule has 0 bridgehead atoms. The van der Waals surface area contributed by atoms with Crippen LogP contribution >= 0.6 is 0 Å². The Kier molecular flexibility index (Phi) is 6.12. The predicted molar refractivity (Wildman–Crippen MR) is 84.1 cm³/mol. The number of benzene rings is 1. The zero-order valence-electron chi connectivity index (χ0n) is 12.7. The molecule has 3 N–H and O–H groups in total. The number of rotatable bonds is 8. The Hall–Kier alpha value is -2.18. The van der Waals surface area contributed by atoms with Gasteiger partial charge >= 0.3 is 0 Å². The van der Waals surface area contributed by atoms with Gasteiger partial charge in [0.2, 0.25) is 5.91 Å². The highest BCUT2D eigenvalue weighted by atomic mass is 16.5. The molecule has 2 aromatic rings. The van der Waals surface area contributed by atoms with E-state index in [4.69, 9.17) is 10.5 Å². The van der Waals surface area contributed by atoms with Crippen molar-refractivity contribution in [3.05, 3.63) is 53.9 Å². The number of nitrogens with one attached hydrogen (secondary N) is 1. The molecule has 0 aliphatic heterocycles. The van der Waals surface area contributed by atoms with Gasteiger partial charge in [-0.2, -0.15) is 5.10 Å². The van der Waals surface area contributed by atoms with Crippen LogP contribution in [0.15, 0.2) is 42.7 Å². The highest BCUT2D eigenvalue weighted by molar-refractivity contribution is 5.76. The molecular formula is C16H22N4O2. The molecular weight excluding hydrogens is 280 g/mol. The monoisotopic (exact) mass is 302 g/mol. The van der Waals surface area contributed by atoms with Crippen LogP contribution < -0.4 is 11.1 Å². The largest absolute Gasteiger partial charge is 0.380 e. The van der Waals surface area contributed by atoms with E-state index < -0.39 is 0 Å². The first-order valence-electron chi connectivity index (χ1n) is 7.26. The molecule has 22 heavy (non-hydrogen) atoms. The maximum Gasteiger partial charge on any atom is 0.222 e. The average Bonchev–Trinajstić information content (AvgIpc) is 3.04. The number of aromatic nitrogens is 2. The fraction of sp³-hybridized carbons (Fsp3) is 0.375. The van der Waals surface area contributed by atoms with Gasteiger partial charge in [-0.05, 0) is 17.2 Å². The Morgan fingerprint density at radius 1 is 1.36 bits per heavy atom. The van der Waals surface area contributed by atoms with E-state index in [9.17, 15) is 4.79 Å². The van der Waals surface area contributed by atoms with Crippen LogP contribution in [0.2, 0.25) is 0 Å². The van der Waals surface area contributed by atoms with Crippen LogP contribution in [0.5, 0.6) is 0 Å². The summed E-state index contributed by atoms with van der Waals surface area (Å²) in [5.74, 6) is -0.0637. The summed E-state index contributed by atoms with van der Waals surface area (Å²) in [7, 11) is 1.56. The number of hydrogen-bond acceptors (Lipinski definition) is 4. The maximum absolute atomic E-state index is 11.9. The summed E-state index contributed by atoms with van der Waals surface area (Å²) < 4.78 is 6.98. The summed E-state index contributed by atoms with van der Waals surface area (Å²) >= 11 is 0. The Morgan fingerprint density at radius 3 is 2.77 bits per heavy atom.